The lowest BCUT2D eigenvalue weighted by Crippen LogP contribution is -2.42. The van der Waals surface area contributed by atoms with Crippen molar-refractivity contribution in [2.45, 2.75) is 25.5 Å². The van der Waals surface area contributed by atoms with Gasteiger partial charge in [0.05, 0.1) is 0 Å². The van der Waals surface area contributed by atoms with Gasteiger partial charge < -0.3 is 15.2 Å². The van der Waals surface area contributed by atoms with Gasteiger partial charge in [-0.25, -0.2) is 9.59 Å². The Hall–Kier alpha value is -3.12. The maximum atomic E-state index is 12.2. The summed E-state index contributed by atoms with van der Waals surface area (Å²) in [6, 6.07) is 16.9. The van der Waals surface area contributed by atoms with E-state index in [1.54, 1.807) is 0 Å². The van der Waals surface area contributed by atoms with Gasteiger partial charge in [-0.05, 0) is 45.7 Å². The fourth-order valence-electron chi connectivity index (χ4n) is 3.52. The number of alkyl carbamates (subject to hydrolysis) is 1. The van der Waals surface area contributed by atoms with Crippen molar-refractivity contribution < 1.29 is 19.4 Å². The number of fused-ring (bicyclic) bond motifs is 3. The summed E-state index contributed by atoms with van der Waals surface area (Å²) in [6.07, 6.45) is 0.318. The van der Waals surface area contributed by atoms with E-state index in [1.165, 1.54) is 28.0 Å². The van der Waals surface area contributed by atoms with Crippen LogP contribution < -0.4 is 5.32 Å². The van der Waals surface area contributed by atoms with Gasteiger partial charge in [0.2, 0.25) is 0 Å². The van der Waals surface area contributed by atoms with Crippen molar-refractivity contribution in [2.75, 3.05) is 0 Å². The molecule has 0 aliphatic heterocycles. The number of rotatable bonds is 6. The second kappa shape index (κ2) is 7.86. The van der Waals surface area contributed by atoms with Crippen molar-refractivity contribution >= 4 is 23.4 Å². The van der Waals surface area contributed by atoms with E-state index in [0.29, 0.717) is 0 Å². The van der Waals surface area contributed by atoms with E-state index in [9.17, 15) is 14.7 Å². The molecule has 6 heteroatoms. The van der Waals surface area contributed by atoms with E-state index >= 15 is 0 Å². The molecule has 0 radical (unpaired) electrons. The summed E-state index contributed by atoms with van der Waals surface area (Å²) in [4.78, 5) is 24.5. The van der Waals surface area contributed by atoms with Gasteiger partial charge >= 0.3 is 12.1 Å². The molecule has 28 heavy (non-hydrogen) atoms. The SMILES string of the molecule is O=C(N[C@H](Cc1cccs1)C(=O)O)OCc1cccc2c1Cc1ccccc1-2. The molecular formula is C22H19NO4S. The number of hydrogen-bond acceptors (Lipinski definition) is 4. The maximum Gasteiger partial charge on any atom is 0.408 e. The summed E-state index contributed by atoms with van der Waals surface area (Å²) >= 11 is 1.46. The Morgan fingerprint density at radius 3 is 2.68 bits per heavy atom. The monoisotopic (exact) mass is 393 g/mol. The number of benzene rings is 2. The third-order valence-corrected chi connectivity index (χ3v) is 5.78. The lowest BCUT2D eigenvalue weighted by Gasteiger charge is -2.15. The van der Waals surface area contributed by atoms with Crippen LogP contribution in [0.5, 0.6) is 0 Å². The summed E-state index contributed by atoms with van der Waals surface area (Å²) in [7, 11) is 0. The van der Waals surface area contributed by atoms with Crippen LogP contribution in [0.3, 0.4) is 0 Å². The fourth-order valence-corrected chi connectivity index (χ4v) is 4.27. The zero-order valence-electron chi connectivity index (χ0n) is 15.1. The Morgan fingerprint density at radius 1 is 1.07 bits per heavy atom. The third-order valence-electron chi connectivity index (χ3n) is 4.88. The highest BCUT2D eigenvalue weighted by atomic mass is 32.1. The quantitative estimate of drug-likeness (QED) is 0.514. The van der Waals surface area contributed by atoms with Gasteiger partial charge in [-0.1, -0.05) is 48.5 Å². The highest BCUT2D eigenvalue weighted by Crippen LogP contribution is 2.38. The van der Waals surface area contributed by atoms with E-state index < -0.39 is 18.1 Å². The predicted molar refractivity (Wildman–Crippen MR) is 107 cm³/mol. The topological polar surface area (TPSA) is 75.6 Å². The van der Waals surface area contributed by atoms with Crippen LogP contribution in [0.1, 0.15) is 21.6 Å². The number of nitrogens with one attached hydrogen (secondary N) is 1. The summed E-state index contributed by atoms with van der Waals surface area (Å²) in [6.45, 7) is 0.105. The van der Waals surface area contributed by atoms with Gasteiger partial charge in [0.15, 0.2) is 0 Å². The number of amides is 1. The van der Waals surface area contributed by atoms with Crippen LogP contribution in [0.15, 0.2) is 60.0 Å². The average Bonchev–Trinajstić information content (AvgIpc) is 3.33. The minimum Gasteiger partial charge on any atom is -0.480 e. The molecule has 1 amide bonds. The average molecular weight is 393 g/mol. The first-order valence-electron chi connectivity index (χ1n) is 8.99. The highest BCUT2D eigenvalue weighted by Gasteiger charge is 2.23. The number of carbonyl (C=O) groups is 2. The first-order chi connectivity index (χ1) is 13.6. The van der Waals surface area contributed by atoms with E-state index in [0.717, 1.165) is 22.4 Å². The van der Waals surface area contributed by atoms with E-state index in [-0.39, 0.29) is 13.0 Å². The molecule has 0 unspecified atom stereocenters. The standard InChI is InChI=1S/C22H19NO4S/c24-21(25)20(12-16-7-4-10-28-16)23-22(26)27-13-15-6-3-9-18-17-8-2-1-5-14(17)11-19(15)18/h1-10,20H,11-13H2,(H,23,26)(H,24,25)/t20-/m1/s1. The molecule has 1 aromatic heterocycles. The van der Waals surface area contributed by atoms with Gasteiger partial charge in [0.25, 0.3) is 0 Å². The van der Waals surface area contributed by atoms with Crippen molar-refractivity contribution in [1.29, 1.82) is 0 Å². The molecule has 4 rings (SSSR count). The van der Waals surface area contributed by atoms with Gasteiger partial charge in [-0.3, -0.25) is 0 Å². The smallest absolute Gasteiger partial charge is 0.408 e. The number of carbonyl (C=O) groups excluding carboxylic acids is 1. The Labute approximate surface area is 166 Å². The summed E-state index contributed by atoms with van der Waals surface area (Å²) < 4.78 is 5.34. The zero-order chi connectivity index (χ0) is 19.5. The molecule has 0 saturated heterocycles. The second-order valence-corrected chi connectivity index (χ2v) is 7.70. The number of hydrogen-bond donors (Lipinski definition) is 2. The van der Waals surface area contributed by atoms with Crippen LogP contribution in [-0.4, -0.2) is 23.2 Å². The number of carboxylic acids is 1. The van der Waals surface area contributed by atoms with E-state index in [4.69, 9.17) is 4.74 Å². The highest BCUT2D eigenvalue weighted by molar-refractivity contribution is 7.09. The zero-order valence-corrected chi connectivity index (χ0v) is 15.9. The van der Waals surface area contributed by atoms with Gasteiger partial charge in [0.1, 0.15) is 12.6 Å². The first kappa shape index (κ1) is 18.3. The summed E-state index contributed by atoms with van der Waals surface area (Å²) in [5.41, 5.74) is 5.74. The lowest BCUT2D eigenvalue weighted by molar-refractivity contribution is -0.139. The minimum absolute atomic E-state index is 0.105. The molecule has 1 aliphatic carbocycles. The fraction of sp³-hybridized carbons (Fsp3) is 0.182. The molecule has 5 nitrogen and oxygen atoms in total. The normalized spacial score (nSPS) is 12.7. The number of carboxylic acid groups (broad SMARTS) is 1. The van der Waals surface area contributed by atoms with E-state index in [1.807, 2.05) is 41.8 Å². The van der Waals surface area contributed by atoms with Crippen LogP contribution >= 0.6 is 11.3 Å². The van der Waals surface area contributed by atoms with Crippen LogP contribution in [0.4, 0.5) is 4.79 Å². The van der Waals surface area contributed by atoms with Crippen molar-refractivity contribution in [3.63, 3.8) is 0 Å². The summed E-state index contributed by atoms with van der Waals surface area (Å²) in [5, 5.41) is 13.7. The van der Waals surface area contributed by atoms with Gasteiger partial charge in [0, 0.05) is 11.3 Å². The molecule has 0 spiro atoms. The lowest BCUT2D eigenvalue weighted by atomic mass is 10.0. The van der Waals surface area contributed by atoms with Crippen molar-refractivity contribution in [3.8, 4) is 11.1 Å². The molecule has 0 fully saturated rings. The second-order valence-electron chi connectivity index (χ2n) is 6.67. The molecule has 1 heterocycles. The molecule has 2 aromatic carbocycles. The Kier molecular flexibility index (Phi) is 5.12. The molecule has 0 bridgehead atoms. The summed E-state index contributed by atoms with van der Waals surface area (Å²) in [5.74, 6) is -1.08. The Morgan fingerprint density at radius 2 is 1.89 bits per heavy atom. The molecule has 0 saturated carbocycles. The van der Waals surface area contributed by atoms with Crippen LogP contribution in [0.2, 0.25) is 0 Å². The van der Waals surface area contributed by atoms with Gasteiger partial charge in [-0.2, -0.15) is 0 Å². The van der Waals surface area contributed by atoms with Crippen molar-refractivity contribution in [2.24, 2.45) is 0 Å². The van der Waals surface area contributed by atoms with Crippen molar-refractivity contribution in [1.82, 2.24) is 5.32 Å². The Bertz CT molecular complexity index is 1010. The molecule has 3 aromatic rings. The third kappa shape index (κ3) is 3.77. The van der Waals surface area contributed by atoms with Gasteiger partial charge in [-0.15, -0.1) is 11.3 Å². The Balaban J connectivity index is 1.41. The van der Waals surface area contributed by atoms with Crippen molar-refractivity contribution in [3.05, 3.63) is 81.5 Å². The van der Waals surface area contributed by atoms with E-state index in [2.05, 4.69) is 23.5 Å². The largest absolute Gasteiger partial charge is 0.480 e. The number of aliphatic carboxylic acids is 1. The van der Waals surface area contributed by atoms with Crippen LogP contribution in [-0.2, 0) is 29.0 Å². The molecule has 142 valence electrons. The molecule has 1 aliphatic rings. The molecule has 2 N–H and O–H groups in total. The van der Waals surface area contributed by atoms with Crippen LogP contribution in [0, 0.1) is 0 Å². The predicted octanol–water partition coefficient (Wildman–Crippen LogP) is 4.24. The molecule has 1 atom stereocenters. The number of ether oxygens (including phenoxy) is 1. The maximum absolute atomic E-state index is 12.2. The van der Waals surface area contributed by atoms with Crippen LogP contribution in [0.25, 0.3) is 11.1 Å². The minimum atomic E-state index is -1.08. The molecular weight excluding hydrogens is 374 g/mol. The first-order valence-corrected chi connectivity index (χ1v) is 9.87. The number of thiophene rings is 1.